The van der Waals surface area contributed by atoms with E-state index < -0.39 is 18.5 Å². The molecule has 0 unspecified atom stereocenters. The fourth-order valence-electron chi connectivity index (χ4n) is 1.27. The molecule has 2 N–H and O–H groups in total. The average Bonchev–Trinajstić information content (AvgIpc) is 2.72. The second kappa shape index (κ2) is 4.01. The zero-order chi connectivity index (χ0) is 11.5. The lowest BCUT2D eigenvalue weighted by Crippen LogP contribution is -2.12. The predicted octanol–water partition coefficient (Wildman–Crippen LogP) is 0.804. The van der Waals surface area contributed by atoms with Crippen LogP contribution in [0.5, 0.6) is 0 Å². The van der Waals surface area contributed by atoms with Gasteiger partial charge in [0, 0.05) is 0 Å². The highest BCUT2D eigenvalue weighted by molar-refractivity contribution is 5.94. The minimum absolute atomic E-state index is 0.279. The van der Waals surface area contributed by atoms with E-state index in [1.54, 1.807) is 12.1 Å². The molecule has 0 aliphatic heterocycles. The van der Waals surface area contributed by atoms with Crippen molar-refractivity contribution in [2.45, 2.75) is 0 Å². The van der Waals surface area contributed by atoms with Gasteiger partial charge in [-0.15, -0.1) is 0 Å². The summed E-state index contributed by atoms with van der Waals surface area (Å²) in [6.45, 7) is -0.641. The van der Waals surface area contributed by atoms with Crippen LogP contribution in [0.1, 0.15) is 10.4 Å². The molecule has 2 aromatic rings. The molecule has 0 amide bonds. The Hall–Kier alpha value is -2.37. The first-order chi connectivity index (χ1) is 7.66. The van der Waals surface area contributed by atoms with Crippen LogP contribution in [0.25, 0.3) is 11.0 Å². The molecule has 0 spiro atoms. The van der Waals surface area contributed by atoms with Crippen molar-refractivity contribution in [2.24, 2.45) is 0 Å². The number of aliphatic carboxylic acids is 1. The number of imidazole rings is 1. The number of ether oxygens (including phenoxy) is 1. The average molecular weight is 220 g/mol. The summed E-state index contributed by atoms with van der Waals surface area (Å²) < 4.78 is 4.54. The van der Waals surface area contributed by atoms with E-state index in [0.29, 0.717) is 5.52 Å². The van der Waals surface area contributed by atoms with Gasteiger partial charge in [0.05, 0.1) is 22.9 Å². The second-order valence-electron chi connectivity index (χ2n) is 3.10. The van der Waals surface area contributed by atoms with E-state index in [0.717, 1.165) is 5.52 Å². The van der Waals surface area contributed by atoms with E-state index >= 15 is 0 Å². The van der Waals surface area contributed by atoms with Crippen molar-refractivity contribution < 1.29 is 19.4 Å². The quantitative estimate of drug-likeness (QED) is 0.746. The van der Waals surface area contributed by atoms with Crippen LogP contribution in [0, 0.1) is 0 Å². The van der Waals surface area contributed by atoms with Crippen molar-refractivity contribution in [1.29, 1.82) is 0 Å². The molecule has 1 aromatic carbocycles. The van der Waals surface area contributed by atoms with Crippen LogP contribution in [-0.2, 0) is 9.53 Å². The molecule has 0 saturated carbocycles. The zero-order valence-electron chi connectivity index (χ0n) is 8.14. The first-order valence-electron chi connectivity index (χ1n) is 4.49. The summed E-state index contributed by atoms with van der Waals surface area (Å²) in [5.74, 6) is -1.86. The Morgan fingerprint density at radius 3 is 3.00 bits per heavy atom. The van der Waals surface area contributed by atoms with Crippen LogP contribution in [0.3, 0.4) is 0 Å². The van der Waals surface area contributed by atoms with Gasteiger partial charge < -0.3 is 14.8 Å². The number of benzene rings is 1. The standard InChI is InChI=1S/C10H8N2O4/c13-9(14)4-16-10(15)6-1-2-7-8(3-6)12-5-11-7/h1-3,5H,4H2,(H,11,12)(H,13,14). The van der Waals surface area contributed by atoms with Gasteiger partial charge in [0.1, 0.15) is 0 Å². The van der Waals surface area contributed by atoms with Gasteiger partial charge in [-0.2, -0.15) is 0 Å². The molecule has 0 radical (unpaired) electrons. The highest BCUT2D eigenvalue weighted by Crippen LogP contribution is 2.12. The molecule has 6 heteroatoms. The summed E-state index contributed by atoms with van der Waals surface area (Å²) in [5, 5.41) is 8.35. The zero-order valence-corrected chi connectivity index (χ0v) is 8.14. The number of nitrogens with zero attached hydrogens (tertiary/aromatic N) is 1. The van der Waals surface area contributed by atoms with Crippen LogP contribution in [0.2, 0.25) is 0 Å². The molecule has 0 bridgehead atoms. The van der Waals surface area contributed by atoms with Crippen molar-refractivity contribution in [3.8, 4) is 0 Å². The normalized spacial score (nSPS) is 10.2. The molecular formula is C10H8N2O4. The van der Waals surface area contributed by atoms with Crippen LogP contribution in [0.4, 0.5) is 0 Å². The monoisotopic (exact) mass is 220 g/mol. The molecule has 0 saturated heterocycles. The SMILES string of the molecule is O=C(O)COC(=O)c1ccc2[nH]cnc2c1. The maximum Gasteiger partial charge on any atom is 0.341 e. The summed E-state index contributed by atoms with van der Waals surface area (Å²) in [4.78, 5) is 28.5. The maximum atomic E-state index is 11.4. The lowest BCUT2D eigenvalue weighted by Gasteiger charge is -2.01. The summed E-state index contributed by atoms with van der Waals surface area (Å²) in [6.07, 6.45) is 1.51. The number of esters is 1. The van der Waals surface area contributed by atoms with E-state index in [9.17, 15) is 9.59 Å². The third-order valence-electron chi connectivity index (χ3n) is 1.98. The third kappa shape index (κ3) is 2.00. The van der Waals surface area contributed by atoms with E-state index in [1.807, 2.05) is 0 Å². The molecule has 1 heterocycles. The number of fused-ring (bicyclic) bond motifs is 1. The number of carboxylic acids is 1. The van der Waals surface area contributed by atoms with Gasteiger partial charge in [0.15, 0.2) is 6.61 Å². The number of rotatable bonds is 3. The van der Waals surface area contributed by atoms with Gasteiger partial charge in [-0.25, -0.2) is 14.6 Å². The van der Waals surface area contributed by atoms with E-state index in [2.05, 4.69) is 14.7 Å². The van der Waals surface area contributed by atoms with Gasteiger partial charge in [0.2, 0.25) is 0 Å². The van der Waals surface area contributed by atoms with Crippen LogP contribution >= 0.6 is 0 Å². The maximum absolute atomic E-state index is 11.4. The molecule has 0 fully saturated rings. The van der Waals surface area contributed by atoms with E-state index in [-0.39, 0.29) is 5.56 Å². The van der Waals surface area contributed by atoms with Crippen LogP contribution < -0.4 is 0 Å². The van der Waals surface area contributed by atoms with Gasteiger partial charge >= 0.3 is 11.9 Å². The molecule has 0 aliphatic rings. The first kappa shape index (κ1) is 10.2. The highest BCUT2D eigenvalue weighted by Gasteiger charge is 2.10. The molecule has 0 atom stereocenters. The number of aromatic amines is 1. The number of nitrogens with one attached hydrogen (secondary N) is 1. The Morgan fingerprint density at radius 2 is 2.25 bits per heavy atom. The Morgan fingerprint density at radius 1 is 1.44 bits per heavy atom. The van der Waals surface area contributed by atoms with Crippen molar-refractivity contribution in [3.05, 3.63) is 30.1 Å². The number of carbonyl (C=O) groups is 2. The Kier molecular flexibility index (Phi) is 2.55. The van der Waals surface area contributed by atoms with Crippen LogP contribution in [0.15, 0.2) is 24.5 Å². The van der Waals surface area contributed by atoms with Crippen molar-refractivity contribution in [1.82, 2.24) is 9.97 Å². The van der Waals surface area contributed by atoms with E-state index in [1.165, 1.54) is 12.4 Å². The van der Waals surface area contributed by atoms with Gasteiger partial charge in [-0.1, -0.05) is 0 Å². The second-order valence-corrected chi connectivity index (χ2v) is 3.10. The van der Waals surface area contributed by atoms with Crippen molar-refractivity contribution in [3.63, 3.8) is 0 Å². The number of hydrogen-bond acceptors (Lipinski definition) is 4. The number of carboxylic acid groups (broad SMARTS) is 1. The lowest BCUT2D eigenvalue weighted by atomic mass is 10.2. The molecule has 6 nitrogen and oxygen atoms in total. The number of hydrogen-bond donors (Lipinski definition) is 2. The summed E-state index contributed by atoms with van der Waals surface area (Å²) in [6, 6.07) is 4.76. The molecule has 2 rings (SSSR count). The molecular weight excluding hydrogens is 212 g/mol. The minimum atomic E-state index is -1.19. The Bertz CT molecular complexity index is 546. The molecule has 82 valence electrons. The van der Waals surface area contributed by atoms with Gasteiger partial charge in [0.25, 0.3) is 0 Å². The van der Waals surface area contributed by atoms with Gasteiger partial charge in [-0.3, -0.25) is 0 Å². The summed E-state index contributed by atoms with van der Waals surface area (Å²) >= 11 is 0. The van der Waals surface area contributed by atoms with E-state index in [4.69, 9.17) is 5.11 Å². The highest BCUT2D eigenvalue weighted by atomic mass is 16.5. The summed E-state index contributed by atoms with van der Waals surface area (Å²) in [5.41, 5.74) is 1.71. The molecule has 1 aromatic heterocycles. The largest absolute Gasteiger partial charge is 0.479 e. The van der Waals surface area contributed by atoms with Crippen molar-refractivity contribution >= 4 is 23.0 Å². The predicted molar refractivity (Wildman–Crippen MR) is 54.0 cm³/mol. The number of H-pyrrole nitrogens is 1. The number of aromatic nitrogens is 2. The molecule has 0 aliphatic carbocycles. The topological polar surface area (TPSA) is 92.3 Å². The minimum Gasteiger partial charge on any atom is -0.479 e. The Labute approximate surface area is 89.9 Å². The molecule has 16 heavy (non-hydrogen) atoms. The van der Waals surface area contributed by atoms with Crippen molar-refractivity contribution in [2.75, 3.05) is 6.61 Å². The summed E-state index contributed by atoms with van der Waals surface area (Å²) in [7, 11) is 0. The fraction of sp³-hybridized carbons (Fsp3) is 0.100. The lowest BCUT2D eigenvalue weighted by molar-refractivity contribution is -0.140. The Balaban J connectivity index is 2.19. The first-order valence-corrected chi connectivity index (χ1v) is 4.49. The smallest absolute Gasteiger partial charge is 0.341 e. The fourth-order valence-corrected chi connectivity index (χ4v) is 1.27. The third-order valence-corrected chi connectivity index (χ3v) is 1.98. The van der Waals surface area contributed by atoms with Crippen LogP contribution in [-0.4, -0.2) is 33.6 Å². The van der Waals surface area contributed by atoms with Gasteiger partial charge in [-0.05, 0) is 18.2 Å². The number of carbonyl (C=O) groups excluding carboxylic acids is 1.